The Hall–Kier alpha value is -1.17. The first-order valence-electron chi connectivity index (χ1n) is 6.61. The molecule has 0 aliphatic rings. The molecule has 2 aromatic rings. The summed E-state index contributed by atoms with van der Waals surface area (Å²) >= 11 is 6.75. The molecule has 0 spiro atoms. The maximum absolute atomic E-state index is 12.1. The van der Waals surface area contributed by atoms with Crippen molar-refractivity contribution in [3.8, 4) is 0 Å². The third kappa shape index (κ3) is 4.66. The monoisotopic (exact) mass is 410 g/mol. The van der Waals surface area contributed by atoms with Gasteiger partial charge in [-0.15, -0.1) is 0 Å². The van der Waals surface area contributed by atoms with Gasteiger partial charge in [0.25, 0.3) is 5.91 Å². The predicted molar refractivity (Wildman–Crippen MR) is 92.2 cm³/mol. The molecule has 3 nitrogen and oxygen atoms in total. The Morgan fingerprint density at radius 1 is 1.14 bits per heavy atom. The van der Waals surface area contributed by atoms with Crippen LogP contribution in [-0.4, -0.2) is 12.5 Å². The van der Waals surface area contributed by atoms with Gasteiger partial charge in [-0.1, -0.05) is 46.3 Å². The highest BCUT2D eigenvalue weighted by atomic mass is 79.9. The molecule has 0 radical (unpaired) electrons. The van der Waals surface area contributed by atoms with Crippen molar-refractivity contribution in [1.82, 2.24) is 5.32 Å². The number of rotatable bonds is 5. The van der Waals surface area contributed by atoms with Crippen molar-refractivity contribution in [3.63, 3.8) is 0 Å². The van der Waals surface area contributed by atoms with Gasteiger partial charge < -0.3 is 11.1 Å². The number of hydrogen-bond acceptors (Lipinski definition) is 2. The Bertz CT molecular complexity index is 617. The lowest BCUT2D eigenvalue weighted by Crippen LogP contribution is -2.27. The number of nitrogens with two attached hydrogens (primary N) is 1. The van der Waals surface area contributed by atoms with Gasteiger partial charge in [0.05, 0.1) is 5.56 Å². The Morgan fingerprint density at radius 3 is 2.52 bits per heavy atom. The van der Waals surface area contributed by atoms with Gasteiger partial charge in [0.2, 0.25) is 0 Å². The zero-order chi connectivity index (χ0) is 15.2. The number of halogens is 2. The highest BCUT2D eigenvalue weighted by Crippen LogP contribution is 2.22. The molecule has 0 fully saturated rings. The van der Waals surface area contributed by atoms with Gasteiger partial charge in [-0.2, -0.15) is 0 Å². The van der Waals surface area contributed by atoms with E-state index in [0.717, 1.165) is 14.5 Å². The number of hydrogen-bond donors (Lipinski definition) is 2. The Kier molecular flexibility index (Phi) is 5.96. The van der Waals surface area contributed by atoms with Crippen molar-refractivity contribution in [2.45, 2.75) is 12.5 Å². The van der Waals surface area contributed by atoms with E-state index >= 15 is 0 Å². The smallest absolute Gasteiger partial charge is 0.252 e. The van der Waals surface area contributed by atoms with E-state index in [2.05, 4.69) is 37.2 Å². The van der Waals surface area contributed by atoms with Gasteiger partial charge in [0, 0.05) is 21.5 Å². The van der Waals surface area contributed by atoms with Crippen LogP contribution in [0.25, 0.3) is 0 Å². The number of benzene rings is 2. The van der Waals surface area contributed by atoms with Gasteiger partial charge in [0.15, 0.2) is 0 Å². The molecule has 110 valence electrons. The number of carbonyl (C=O) groups is 1. The topological polar surface area (TPSA) is 55.1 Å². The zero-order valence-electron chi connectivity index (χ0n) is 11.4. The van der Waals surface area contributed by atoms with Crippen LogP contribution in [0, 0.1) is 0 Å². The first-order valence-corrected chi connectivity index (χ1v) is 8.20. The first-order chi connectivity index (χ1) is 10.1. The molecule has 0 aliphatic heterocycles. The van der Waals surface area contributed by atoms with Gasteiger partial charge >= 0.3 is 0 Å². The first kappa shape index (κ1) is 16.2. The summed E-state index contributed by atoms with van der Waals surface area (Å²) in [5.74, 6) is -0.102. The maximum Gasteiger partial charge on any atom is 0.252 e. The van der Waals surface area contributed by atoms with Crippen molar-refractivity contribution in [1.29, 1.82) is 0 Å². The summed E-state index contributed by atoms with van der Waals surface area (Å²) in [5.41, 5.74) is 7.80. The van der Waals surface area contributed by atoms with Crippen molar-refractivity contribution >= 4 is 37.8 Å². The largest absolute Gasteiger partial charge is 0.352 e. The Morgan fingerprint density at radius 2 is 1.86 bits per heavy atom. The fourth-order valence-electron chi connectivity index (χ4n) is 1.98. The second-order valence-electron chi connectivity index (χ2n) is 4.69. The van der Waals surface area contributed by atoms with E-state index in [1.165, 1.54) is 0 Å². The van der Waals surface area contributed by atoms with Crippen LogP contribution >= 0.6 is 31.9 Å². The molecule has 3 N–H and O–H groups in total. The third-order valence-corrected chi connectivity index (χ3v) is 4.29. The Balaban J connectivity index is 1.87. The van der Waals surface area contributed by atoms with E-state index < -0.39 is 0 Å². The maximum atomic E-state index is 12.1. The van der Waals surface area contributed by atoms with E-state index in [4.69, 9.17) is 5.73 Å². The molecule has 1 amide bonds. The number of carbonyl (C=O) groups excluding carboxylic acids is 1. The van der Waals surface area contributed by atoms with Gasteiger partial charge in [-0.3, -0.25) is 4.79 Å². The van der Waals surface area contributed by atoms with E-state index in [0.29, 0.717) is 18.5 Å². The molecule has 21 heavy (non-hydrogen) atoms. The van der Waals surface area contributed by atoms with Crippen LogP contribution in [0.2, 0.25) is 0 Å². The molecule has 0 bridgehead atoms. The van der Waals surface area contributed by atoms with Gasteiger partial charge in [-0.05, 0) is 46.1 Å². The minimum atomic E-state index is -0.102. The van der Waals surface area contributed by atoms with Crippen molar-refractivity contribution in [3.05, 3.63) is 68.6 Å². The molecule has 5 heteroatoms. The molecular formula is C16H16Br2N2O. The summed E-state index contributed by atoms with van der Waals surface area (Å²) in [4.78, 5) is 12.1. The van der Waals surface area contributed by atoms with Crippen LogP contribution in [0.1, 0.15) is 28.4 Å². The van der Waals surface area contributed by atoms with Crippen LogP contribution in [0.4, 0.5) is 0 Å². The molecule has 2 rings (SSSR count). The summed E-state index contributed by atoms with van der Waals surface area (Å²) in [6.07, 6.45) is 0.698. The lowest BCUT2D eigenvalue weighted by Gasteiger charge is -2.13. The van der Waals surface area contributed by atoms with Crippen molar-refractivity contribution in [2.75, 3.05) is 6.54 Å². The fraction of sp³-hybridized carbons (Fsp3) is 0.188. The molecule has 0 saturated carbocycles. The van der Waals surface area contributed by atoms with E-state index in [9.17, 15) is 4.79 Å². The van der Waals surface area contributed by atoms with E-state index in [-0.39, 0.29) is 11.9 Å². The molecule has 0 heterocycles. The second kappa shape index (κ2) is 7.73. The summed E-state index contributed by atoms with van der Waals surface area (Å²) in [7, 11) is 0. The van der Waals surface area contributed by atoms with Crippen LogP contribution in [0.15, 0.2) is 57.5 Å². The van der Waals surface area contributed by atoms with E-state index in [1.807, 2.05) is 42.5 Å². The average molecular weight is 412 g/mol. The van der Waals surface area contributed by atoms with E-state index in [1.54, 1.807) is 6.07 Å². The second-order valence-corrected chi connectivity index (χ2v) is 6.46. The van der Waals surface area contributed by atoms with Crippen molar-refractivity contribution < 1.29 is 4.79 Å². The molecule has 2 aromatic carbocycles. The SMILES string of the molecule is NC(CCNC(=O)c1ccc(Br)cc1Br)c1ccccc1. The quantitative estimate of drug-likeness (QED) is 0.780. The molecule has 0 aliphatic carbocycles. The standard InChI is InChI=1S/C16H16Br2N2O/c17-12-6-7-13(14(18)10-12)16(21)20-9-8-15(19)11-4-2-1-3-5-11/h1-7,10,15H,8-9,19H2,(H,20,21). The lowest BCUT2D eigenvalue weighted by molar-refractivity contribution is 0.0952. The molecule has 1 unspecified atom stereocenters. The summed E-state index contributed by atoms with van der Waals surface area (Å²) in [5, 5.41) is 2.90. The highest BCUT2D eigenvalue weighted by molar-refractivity contribution is 9.11. The molecular weight excluding hydrogens is 396 g/mol. The summed E-state index contributed by atoms with van der Waals surface area (Å²) in [6, 6.07) is 15.3. The number of amides is 1. The zero-order valence-corrected chi connectivity index (χ0v) is 14.5. The normalized spacial score (nSPS) is 12.0. The third-order valence-electron chi connectivity index (χ3n) is 3.14. The van der Waals surface area contributed by atoms with Crippen molar-refractivity contribution in [2.24, 2.45) is 5.73 Å². The van der Waals surface area contributed by atoms with Crippen LogP contribution in [-0.2, 0) is 0 Å². The molecule has 0 saturated heterocycles. The number of nitrogens with one attached hydrogen (secondary N) is 1. The molecule has 1 atom stereocenters. The van der Waals surface area contributed by atoms with Crippen LogP contribution in [0.5, 0.6) is 0 Å². The van der Waals surface area contributed by atoms with Crippen LogP contribution < -0.4 is 11.1 Å². The average Bonchev–Trinajstić information content (AvgIpc) is 2.47. The fourth-order valence-corrected chi connectivity index (χ4v) is 3.20. The lowest BCUT2D eigenvalue weighted by atomic mass is 10.1. The minimum Gasteiger partial charge on any atom is -0.352 e. The van der Waals surface area contributed by atoms with Crippen LogP contribution in [0.3, 0.4) is 0 Å². The highest BCUT2D eigenvalue weighted by Gasteiger charge is 2.11. The predicted octanol–water partition coefficient (Wildman–Crippen LogP) is 4.03. The summed E-state index contributed by atoms with van der Waals surface area (Å²) < 4.78 is 1.69. The van der Waals surface area contributed by atoms with Gasteiger partial charge in [-0.25, -0.2) is 0 Å². The van der Waals surface area contributed by atoms with Gasteiger partial charge in [0.1, 0.15) is 0 Å². The molecule has 0 aromatic heterocycles. The Labute approximate surface area is 141 Å². The summed E-state index contributed by atoms with van der Waals surface area (Å²) in [6.45, 7) is 0.539. The minimum absolute atomic E-state index is 0.0696.